The van der Waals surface area contributed by atoms with Crippen LogP contribution in [0.1, 0.15) is 18.6 Å². The molecule has 78 valence electrons. The molecule has 0 unspecified atom stereocenters. The van der Waals surface area contributed by atoms with E-state index in [4.69, 9.17) is 4.42 Å². The molecule has 5 nitrogen and oxygen atoms in total. The molecule has 1 N–H and O–H groups in total. The first kappa shape index (κ1) is 10.6. The maximum atomic E-state index is 10.9. The van der Waals surface area contributed by atoms with Gasteiger partial charge in [0.1, 0.15) is 5.76 Å². The van der Waals surface area contributed by atoms with Crippen molar-refractivity contribution in [3.05, 3.63) is 17.8 Å². The molecule has 0 aliphatic heterocycles. The second-order valence-corrected chi connectivity index (χ2v) is 2.76. The lowest BCUT2D eigenvalue weighted by atomic mass is 10.4. The van der Waals surface area contributed by atoms with Crippen molar-refractivity contribution in [2.45, 2.75) is 20.3 Å². The zero-order valence-electron chi connectivity index (χ0n) is 8.37. The van der Waals surface area contributed by atoms with Gasteiger partial charge >= 0.3 is 6.09 Å². The van der Waals surface area contributed by atoms with Gasteiger partial charge in [-0.2, -0.15) is 0 Å². The highest BCUT2D eigenvalue weighted by atomic mass is 16.5. The number of rotatable bonds is 4. The summed E-state index contributed by atoms with van der Waals surface area (Å²) >= 11 is 0. The molecule has 0 bridgehead atoms. The number of amides is 1. The lowest BCUT2D eigenvalue weighted by Crippen LogP contribution is -2.26. The molecule has 0 aliphatic carbocycles. The van der Waals surface area contributed by atoms with E-state index in [0.717, 1.165) is 5.76 Å². The average molecular weight is 198 g/mol. The van der Waals surface area contributed by atoms with Gasteiger partial charge in [-0.05, 0) is 13.8 Å². The van der Waals surface area contributed by atoms with Crippen molar-refractivity contribution >= 4 is 6.09 Å². The van der Waals surface area contributed by atoms with E-state index in [1.54, 1.807) is 13.1 Å². The number of carbonyl (C=O) groups is 1. The maximum Gasteiger partial charge on any atom is 0.407 e. The molecular weight excluding hydrogens is 184 g/mol. The smallest absolute Gasteiger partial charge is 0.407 e. The fourth-order valence-electron chi connectivity index (χ4n) is 0.971. The average Bonchev–Trinajstić information content (AvgIpc) is 2.52. The summed E-state index contributed by atoms with van der Waals surface area (Å²) < 4.78 is 9.91. The Hall–Kier alpha value is -1.52. The van der Waals surface area contributed by atoms with Crippen LogP contribution in [0.15, 0.2) is 10.6 Å². The summed E-state index contributed by atoms with van der Waals surface area (Å²) in [5, 5.41) is 2.58. The SMILES string of the molecule is CCOC(=O)NCCc1ncc(C)o1. The number of nitrogens with one attached hydrogen (secondary N) is 1. The van der Waals surface area contributed by atoms with Crippen LogP contribution in [0.25, 0.3) is 0 Å². The number of oxazole rings is 1. The van der Waals surface area contributed by atoms with E-state index in [1.165, 1.54) is 0 Å². The molecule has 1 aromatic rings. The Balaban J connectivity index is 2.18. The molecule has 0 spiro atoms. The molecule has 0 fully saturated rings. The van der Waals surface area contributed by atoms with E-state index in [1.807, 2.05) is 6.92 Å². The molecule has 1 amide bonds. The summed E-state index contributed by atoms with van der Waals surface area (Å²) in [5.41, 5.74) is 0. The summed E-state index contributed by atoms with van der Waals surface area (Å²) in [6.07, 6.45) is 1.82. The quantitative estimate of drug-likeness (QED) is 0.791. The van der Waals surface area contributed by atoms with E-state index < -0.39 is 6.09 Å². The minimum Gasteiger partial charge on any atom is -0.450 e. The number of ether oxygens (including phenoxy) is 1. The maximum absolute atomic E-state index is 10.9. The minimum atomic E-state index is -0.407. The van der Waals surface area contributed by atoms with Gasteiger partial charge in [0, 0.05) is 13.0 Å². The van der Waals surface area contributed by atoms with Crippen LogP contribution in [-0.2, 0) is 11.2 Å². The Morgan fingerprint density at radius 3 is 3.07 bits per heavy atom. The number of nitrogens with zero attached hydrogens (tertiary/aromatic N) is 1. The number of aryl methyl sites for hydroxylation is 1. The van der Waals surface area contributed by atoms with Gasteiger partial charge in [-0.25, -0.2) is 9.78 Å². The zero-order chi connectivity index (χ0) is 10.4. The Morgan fingerprint density at radius 1 is 1.71 bits per heavy atom. The van der Waals surface area contributed by atoms with Crippen molar-refractivity contribution in [1.29, 1.82) is 0 Å². The van der Waals surface area contributed by atoms with Gasteiger partial charge in [0.2, 0.25) is 0 Å². The highest BCUT2D eigenvalue weighted by molar-refractivity contribution is 5.66. The van der Waals surface area contributed by atoms with Crippen molar-refractivity contribution in [1.82, 2.24) is 10.3 Å². The van der Waals surface area contributed by atoms with E-state index in [-0.39, 0.29) is 0 Å². The predicted molar refractivity (Wildman–Crippen MR) is 50.0 cm³/mol. The largest absolute Gasteiger partial charge is 0.450 e. The van der Waals surface area contributed by atoms with Gasteiger partial charge in [-0.1, -0.05) is 0 Å². The molecule has 0 aromatic carbocycles. The third-order valence-corrected chi connectivity index (χ3v) is 1.55. The van der Waals surface area contributed by atoms with E-state index in [9.17, 15) is 4.79 Å². The van der Waals surface area contributed by atoms with E-state index in [0.29, 0.717) is 25.5 Å². The molecule has 1 heterocycles. The molecule has 5 heteroatoms. The van der Waals surface area contributed by atoms with Gasteiger partial charge in [0.05, 0.1) is 12.8 Å². The number of alkyl carbamates (subject to hydrolysis) is 1. The van der Waals surface area contributed by atoms with Gasteiger partial charge in [0.25, 0.3) is 0 Å². The van der Waals surface area contributed by atoms with Crippen LogP contribution in [-0.4, -0.2) is 24.2 Å². The van der Waals surface area contributed by atoms with Crippen molar-refractivity contribution < 1.29 is 13.9 Å². The van der Waals surface area contributed by atoms with Crippen LogP contribution in [0.4, 0.5) is 4.79 Å². The predicted octanol–water partition coefficient (Wildman–Crippen LogP) is 1.27. The fraction of sp³-hybridized carbons (Fsp3) is 0.556. The Kier molecular flexibility index (Phi) is 3.97. The third kappa shape index (κ3) is 3.47. The Morgan fingerprint density at radius 2 is 2.50 bits per heavy atom. The molecule has 14 heavy (non-hydrogen) atoms. The van der Waals surface area contributed by atoms with Gasteiger partial charge < -0.3 is 14.5 Å². The number of aromatic nitrogens is 1. The summed E-state index contributed by atoms with van der Waals surface area (Å²) in [6, 6.07) is 0. The highest BCUT2D eigenvalue weighted by Gasteiger charge is 2.02. The van der Waals surface area contributed by atoms with E-state index >= 15 is 0 Å². The Labute approximate surface area is 82.5 Å². The summed E-state index contributed by atoms with van der Waals surface area (Å²) in [7, 11) is 0. The van der Waals surface area contributed by atoms with Crippen LogP contribution < -0.4 is 5.32 Å². The van der Waals surface area contributed by atoms with Crippen molar-refractivity contribution in [3.63, 3.8) is 0 Å². The van der Waals surface area contributed by atoms with Crippen LogP contribution in [0.5, 0.6) is 0 Å². The highest BCUT2D eigenvalue weighted by Crippen LogP contribution is 2.01. The molecule has 0 radical (unpaired) electrons. The number of hydrogen-bond acceptors (Lipinski definition) is 4. The molecule has 1 aromatic heterocycles. The number of hydrogen-bond donors (Lipinski definition) is 1. The minimum absolute atomic E-state index is 0.379. The van der Waals surface area contributed by atoms with Crippen molar-refractivity contribution in [2.24, 2.45) is 0 Å². The fourth-order valence-corrected chi connectivity index (χ4v) is 0.971. The van der Waals surface area contributed by atoms with E-state index in [2.05, 4.69) is 15.0 Å². The number of carbonyl (C=O) groups excluding carboxylic acids is 1. The van der Waals surface area contributed by atoms with Crippen LogP contribution in [0.2, 0.25) is 0 Å². The first-order valence-corrected chi connectivity index (χ1v) is 4.54. The van der Waals surface area contributed by atoms with Crippen LogP contribution >= 0.6 is 0 Å². The second kappa shape index (κ2) is 5.26. The molecular formula is C9H14N2O3. The first-order chi connectivity index (χ1) is 6.72. The van der Waals surface area contributed by atoms with Crippen molar-refractivity contribution in [2.75, 3.05) is 13.2 Å². The second-order valence-electron chi connectivity index (χ2n) is 2.76. The molecule has 0 aliphatic rings. The molecule has 0 atom stereocenters. The molecule has 0 saturated heterocycles. The standard InChI is InChI=1S/C9H14N2O3/c1-3-13-9(12)10-5-4-8-11-6-7(2)14-8/h6H,3-5H2,1-2H3,(H,10,12). The lowest BCUT2D eigenvalue weighted by molar-refractivity contribution is 0.152. The first-order valence-electron chi connectivity index (χ1n) is 4.54. The van der Waals surface area contributed by atoms with Gasteiger partial charge in [-0.15, -0.1) is 0 Å². The third-order valence-electron chi connectivity index (χ3n) is 1.55. The Bertz CT molecular complexity index is 296. The topological polar surface area (TPSA) is 64.4 Å². The zero-order valence-corrected chi connectivity index (χ0v) is 8.37. The van der Waals surface area contributed by atoms with Crippen LogP contribution in [0.3, 0.4) is 0 Å². The normalized spacial score (nSPS) is 9.86. The lowest BCUT2D eigenvalue weighted by Gasteiger charge is -2.02. The molecule has 0 saturated carbocycles. The summed E-state index contributed by atoms with van der Waals surface area (Å²) in [5.74, 6) is 1.40. The van der Waals surface area contributed by atoms with Crippen LogP contribution in [0, 0.1) is 6.92 Å². The molecule has 1 rings (SSSR count). The van der Waals surface area contributed by atoms with Crippen molar-refractivity contribution in [3.8, 4) is 0 Å². The summed E-state index contributed by atoms with van der Waals surface area (Å²) in [6.45, 7) is 4.44. The van der Waals surface area contributed by atoms with Gasteiger partial charge in [-0.3, -0.25) is 0 Å². The van der Waals surface area contributed by atoms with Gasteiger partial charge in [0.15, 0.2) is 5.89 Å². The monoisotopic (exact) mass is 198 g/mol. The summed E-state index contributed by atoms with van der Waals surface area (Å²) in [4.78, 5) is 14.9.